The molecular formula is C23H30N8. The third kappa shape index (κ3) is 5.32. The number of aliphatic imine (C=N–C) groups is 2. The number of rotatable bonds is 2. The van der Waals surface area contributed by atoms with Crippen molar-refractivity contribution >= 4 is 17.5 Å². The zero-order valence-corrected chi connectivity index (χ0v) is 18.5. The van der Waals surface area contributed by atoms with Gasteiger partial charge >= 0.3 is 0 Å². The Bertz CT molecular complexity index is 974. The first kappa shape index (κ1) is 21.1. The van der Waals surface area contributed by atoms with E-state index in [0.29, 0.717) is 5.82 Å². The highest BCUT2D eigenvalue weighted by molar-refractivity contribution is 5.98. The standard InChI is InChI=1S/C23H30N8/c1-4-19-26-21(31-14-12-30(3)13-15-31)8-7-17(2)22(27-19)28-20-9-11-25-23(29-20)18-6-5-10-24-16-18/h4-6,9-11,16-17H,7-8,12-15H2,1-3H3,(H,25,27,28,29)/b19-4+,26-21?. The van der Waals surface area contributed by atoms with Crippen LogP contribution in [0.5, 0.6) is 0 Å². The maximum atomic E-state index is 4.91. The molecule has 31 heavy (non-hydrogen) atoms. The van der Waals surface area contributed by atoms with Crippen LogP contribution in [0.15, 0.2) is 58.7 Å². The quantitative estimate of drug-likeness (QED) is 0.806. The molecule has 1 atom stereocenters. The van der Waals surface area contributed by atoms with Crippen molar-refractivity contribution in [1.29, 1.82) is 0 Å². The summed E-state index contributed by atoms with van der Waals surface area (Å²) >= 11 is 0. The second-order valence-corrected chi connectivity index (χ2v) is 8.03. The second kappa shape index (κ2) is 9.78. The molecule has 0 saturated carbocycles. The lowest BCUT2D eigenvalue weighted by molar-refractivity contribution is 0.212. The summed E-state index contributed by atoms with van der Waals surface area (Å²) in [5.74, 6) is 4.38. The second-order valence-electron chi connectivity index (χ2n) is 8.03. The Morgan fingerprint density at radius 1 is 1.10 bits per heavy atom. The molecule has 1 unspecified atom stereocenters. The van der Waals surface area contributed by atoms with Crippen LogP contribution in [0.4, 0.5) is 5.82 Å². The number of anilines is 1. The molecule has 0 aromatic carbocycles. The van der Waals surface area contributed by atoms with Crippen molar-refractivity contribution < 1.29 is 0 Å². The SMILES string of the molecule is C/C=C1/N=C(Nc2ccnc(-c3cccnc3)n2)C(C)CCC(N2CCN(C)CC2)=N1. The van der Waals surface area contributed by atoms with Crippen LogP contribution < -0.4 is 5.32 Å². The molecule has 1 fully saturated rings. The smallest absolute Gasteiger partial charge is 0.163 e. The van der Waals surface area contributed by atoms with Crippen LogP contribution in [0.1, 0.15) is 26.7 Å². The number of hydrogen-bond donors (Lipinski definition) is 1. The highest BCUT2D eigenvalue weighted by Gasteiger charge is 2.22. The first-order valence-electron chi connectivity index (χ1n) is 10.9. The van der Waals surface area contributed by atoms with E-state index in [-0.39, 0.29) is 5.92 Å². The van der Waals surface area contributed by atoms with Gasteiger partial charge in [-0.05, 0) is 44.7 Å². The Kier molecular flexibility index (Phi) is 6.66. The van der Waals surface area contributed by atoms with Crippen molar-refractivity contribution in [3.8, 4) is 11.4 Å². The van der Waals surface area contributed by atoms with Crippen molar-refractivity contribution in [1.82, 2.24) is 24.8 Å². The van der Waals surface area contributed by atoms with Gasteiger partial charge in [-0.2, -0.15) is 0 Å². The van der Waals surface area contributed by atoms with Gasteiger partial charge < -0.3 is 15.1 Å². The molecule has 4 heterocycles. The Balaban J connectivity index is 1.55. The monoisotopic (exact) mass is 418 g/mol. The van der Waals surface area contributed by atoms with E-state index in [1.807, 2.05) is 31.2 Å². The molecule has 2 aromatic rings. The Hall–Kier alpha value is -3.13. The summed E-state index contributed by atoms with van der Waals surface area (Å²) in [6, 6.07) is 5.70. The molecule has 8 nitrogen and oxygen atoms in total. The number of nitrogens with one attached hydrogen (secondary N) is 1. The lowest BCUT2D eigenvalue weighted by Crippen LogP contribution is -2.47. The van der Waals surface area contributed by atoms with E-state index in [1.165, 1.54) is 0 Å². The number of aromatic nitrogens is 3. The number of hydrogen-bond acceptors (Lipinski definition) is 8. The summed E-state index contributed by atoms with van der Waals surface area (Å²) in [6.45, 7) is 8.38. The minimum atomic E-state index is 0.254. The van der Waals surface area contributed by atoms with Gasteiger partial charge in [0, 0.05) is 62.7 Å². The fraction of sp³-hybridized carbons (Fsp3) is 0.435. The third-order valence-electron chi connectivity index (χ3n) is 5.70. The van der Waals surface area contributed by atoms with Crippen LogP contribution >= 0.6 is 0 Å². The average Bonchev–Trinajstić information content (AvgIpc) is 2.80. The number of pyridine rings is 1. The van der Waals surface area contributed by atoms with Crippen LogP contribution in [-0.2, 0) is 0 Å². The van der Waals surface area contributed by atoms with E-state index >= 15 is 0 Å². The van der Waals surface area contributed by atoms with Crippen molar-refractivity contribution in [3.05, 3.63) is 48.7 Å². The van der Waals surface area contributed by atoms with Crippen molar-refractivity contribution in [2.75, 3.05) is 38.5 Å². The third-order valence-corrected chi connectivity index (χ3v) is 5.70. The van der Waals surface area contributed by atoms with Crippen LogP contribution in [0.25, 0.3) is 11.4 Å². The van der Waals surface area contributed by atoms with E-state index in [1.54, 1.807) is 18.6 Å². The molecule has 2 aliphatic heterocycles. The molecule has 2 aromatic heterocycles. The number of likely N-dealkylation sites (N-methyl/N-ethyl adjacent to an activating group) is 1. The minimum Gasteiger partial charge on any atom is -0.357 e. The summed E-state index contributed by atoms with van der Waals surface area (Å²) in [4.78, 5) is 27.7. The normalized spacial score (nSPS) is 21.8. The molecule has 0 aliphatic carbocycles. The summed E-state index contributed by atoms with van der Waals surface area (Å²) in [5, 5.41) is 3.42. The molecule has 8 heteroatoms. The first-order chi connectivity index (χ1) is 15.1. The van der Waals surface area contributed by atoms with E-state index < -0.39 is 0 Å². The molecule has 162 valence electrons. The van der Waals surface area contributed by atoms with Crippen molar-refractivity contribution in [3.63, 3.8) is 0 Å². The molecule has 0 bridgehead atoms. The fourth-order valence-electron chi connectivity index (χ4n) is 3.70. The van der Waals surface area contributed by atoms with Gasteiger partial charge in [0.1, 0.15) is 17.5 Å². The molecule has 0 amide bonds. The lowest BCUT2D eigenvalue weighted by Gasteiger charge is -2.35. The highest BCUT2D eigenvalue weighted by atomic mass is 15.3. The summed E-state index contributed by atoms with van der Waals surface area (Å²) in [5.41, 5.74) is 0.884. The summed E-state index contributed by atoms with van der Waals surface area (Å²) < 4.78 is 0. The predicted molar refractivity (Wildman–Crippen MR) is 125 cm³/mol. The van der Waals surface area contributed by atoms with Gasteiger partial charge in [-0.15, -0.1) is 0 Å². The van der Waals surface area contributed by atoms with E-state index in [2.05, 4.69) is 44.0 Å². The Morgan fingerprint density at radius 2 is 1.94 bits per heavy atom. The van der Waals surface area contributed by atoms with E-state index in [4.69, 9.17) is 9.98 Å². The van der Waals surface area contributed by atoms with E-state index in [0.717, 1.165) is 67.9 Å². The van der Waals surface area contributed by atoms with Crippen LogP contribution in [-0.4, -0.2) is 69.6 Å². The average molecular weight is 419 g/mol. The maximum Gasteiger partial charge on any atom is 0.163 e. The van der Waals surface area contributed by atoms with Gasteiger partial charge in [0.15, 0.2) is 11.6 Å². The van der Waals surface area contributed by atoms with Crippen molar-refractivity contribution in [2.24, 2.45) is 15.9 Å². The number of nitrogens with zero attached hydrogens (tertiary/aromatic N) is 7. The zero-order chi connectivity index (χ0) is 21.6. The number of amidine groups is 2. The van der Waals surface area contributed by atoms with Gasteiger partial charge in [-0.1, -0.05) is 6.92 Å². The molecule has 2 aliphatic rings. The first-order valence-corrected chi connectivity index (χ1v) is 10.9. The molecule has 1 N–H and O–H groups in total. The Morgan fingerprint density at radius 3 is 2.68 bits per heavy atom. The van der Waals surface area contributed by atoms with E-state index in [9.17, 15) is 0 Å². The van der Waals surface area contributed by atoms with Gasteiger partial charge in [-0.3, -0.25) is 4.98 Å². The lowest BCUT2D eigenvalue weighted by atomic mass is 10.0. The van der Waals surface area contributed by atoms with Crippen molar-refractivity contribution in [2.45, 2.75) is 26.7 Å². The molecule has 4 rings (SSSR count). The Labute approximate surface area is 183 Å². The van der Waals surface area contributed by atoms with Gasteiger partial charge in [-0.25, -0.2) is 20.0 Å². The maximum absolute atomic E-state index is 4.91. The van der Waals surface area contributed by atoms with Gasteiger partial charge in [0.25, 0.3) is 0 Å². The van der Waals surface area contributed by atoms with Crippen LogP contribution in [0, 0.1) is 5.92 Å². The molecule has 0 radical (unpaired) electrons. The highest BCUT2D eigenvalue weighted by Crippen LogP contribution is 2.21. The minimum absolute atomic E-state index is 0.254. The number of allylic oxidation sites excluding steroid dienone is 1. The van der Waals surface area contributed by atoms with Gasteiger partial charge in [0.2, 0.25) is 0 Å². The largest absolute Gasteiger partial charge is 0.357 e. The topological polar surface area (TPSA) is 81.9 Å². The van der Waals surface area contributed by atoms with Crippen LogP contribution in [0.3, 0.4) is 0 Å². The van der Waals surface area contributed by atoms with Gasteiger partial charge in [0.05, 0.1) is 0 Å². The molecular weight excluding hydrogens is 388 g/mol. The van der Waals surface area contributed by atoms with Crippen LogP contribution in [0.2, 0.25) is 0 Å². The molecule has 1 saturated heterocycles. The summed E-state index contributed by atoms with van der Waals surface area (Å²) in [6.07, 6.45) is 9.15. The number of piperazine rings is 1. The summed E-state index contributed by atoms with van der Waals surface area (Å²) in [7, 11) is 2.17. The molecule has 0 spiro atoms. The predicted octanol–water partition coefficient (Wildman–Crippen LogP) is 3.29. The fourth-order valence-corrected chi connectivity index (χ4v) is 3.70. The zero-order valence-electron chi connectivity index (χ0n) is 18.5.